The van der Waals surface area contributed by atoms with Gasteiger partial charge >= 0.3 is 0 Å². The SMILES string of the molecule is Cc1ccnc(NC(=O)c2ccc3c(c2)C(=O)N(c2cc(C)ccc2C)C3=O)c1. The van der Waals surface area contributed by atoms with E-state index in [0.717, 1.165) is 16.7 Å². The molecule has 3 amide bonds. The van der Waals surface area contributed by atoms with E-state index in [1.807, 2.05) is 45.0 Å². The van der Waals surface area contributed by atoms with Crippen LogP contribution in [0.15, 0.2) is 54.7 Å². The summed E-state index contributed by atoms with van der Waals surface area (Å²) in [5.74, 6) is -0.778. The number of carbonyl (C=O) groups excluding carboxylic acids is 3. The first-order valence-electron chi connectivity index (χ1n) is 9.19. The molecule has 1 aliphatic heterocycles. The number of nitrogens with zero attached hydrogens (tertiary/aromatic N) is 2. The molecular formula is C23H19N3O3. The highest BCUT2D eigenvalue weighted by molar-refractivity contribution is 6.35. The number of fused-ring (bicyclic) bond motifs is 1. The van der Waals surface area contributed by atoms with Crippen molar-refractivity contribution in [2.75, 3.05) is 10.2 Å². The molecule has 3 aromatic rings. The van der Waals surface area contributed by atoms with Crippen LogP contribution in [0, 0.1) is 20.8 Å². The smallest absolute Gasteiger partial charge is 0.266 e. The maximum Gasteiger partial charge on any atom is 0.266 e. The van der Waals surface area contributed by atoms with Crippen molar-refractivity contribution in [3.05, 3.63) is 88.1 Å². The largest absolute Gasteiger partial charge is 0.307 e. The van der Waals surface area contributed by atoms with Gasteiger partial charge in [-0.25, -0.2) is 9.88 Å². The lowest BCUT2D eigenvalue weighted by Gasteiger charge is -2.17. The molecule has 1 aliphatic rings. The van der Waals surface area contributed by atoms with Crippen molar-refractivity contribution in [1.29, 1.82) is 0 Å². The van der Waals surface area contributed by atoms with Gasteiger partial charge in [-0.1, -0.05) is 12.1 Å². The number of pyridine rings is 1. The highest BCUT2D eigenvalue weighted by atomic mass is 16.2. The average molecular weight is 385 g/mol. The lowest BCUT2D eigenvalue weighted by atomic mass is 10.1. The van der Waals surface area contributed by atoms with Gasteiger partial charge in [0.25, 0.3) is 17.7 Å². The van der Waals surface area contributed by atoms with Crippen LogP contribution in [0.25, 0.3) is 0 Å². The zero-order valence-corrected chi connectivity index (χ0v) is 16.3. The van der Waals surface area contributed by atoms with Crippen LogP contribution in [0.1, 0.15) is 47.8 Å². The Labute approximate surface area is 168 Å². The Morgan fingerprint density at radius 3 is 2.34 bits per heavy atom. The predicted molar refractivity (Wildman–Crippen MR) is 110 cm³/mol. The van der Waals surface area contributed by atoms with E-state index in [0.29, 0.717) is 17.1 Å². The molecule has 0 bridgehead atoms. The number of carbonyl (C=O) groups is 3. The van der Waals surface area contributed by atoms with E-state index in [9.17, 15) is 14.4 Å². The summed E-state index contributed by atoms with van der Waals surface area (Å²) >= 11 is 0. The lowest BCUT2D eigenvalue weighted by Crippen LogP contribution is -2.30. The van der Waals surface area contributed by atoms with E-state index in [2.05, 4.69) is 10.3 Å². The fourth-order valence-electron chi connectivity index (χ4n) is 3.35. The number of nitrogens with one attached hydrogen (secondary N) is 1. The van der Waals surface area contributed by atoms with Gasteiger partial charge in [-0.05, 0) is 73.9 Å². The summed E-state index contributed by atoms with van der Waals surface area (Å²) in [6.45, 7) is 5.66. The number of amides is 3. The van der Waals surface area contributed by atoms with Crippen LogP contribution in [-0.4, -0.2) is 22.7 Å². The number of aromatic nitrogens is 1. The first-order chi connectivity index (χ1) is 13.8. The maximum absolute atomic E-state index is 13.0. The molecule has 2 aromatic carbocycles. The van der Waals surface area contributed by atoms with Gasteiger partial charge in [-0.15, -0.1) is 0 Å². The van der Waals surface area contributed by atoms with Crippen LogP contribution in [0.5, 0.6) is 0 Å². The summed E-state index contributed by atoms with van der Waals surface area (Å²) in [7, 11) is 0. The van der Waals surface area contributed by atoms with E-state index in [-0.39, 0.29) is 17.0 Å². The molecule has 6 heteroatoms. The van der Waals surface area contributed by atoms with Gasteiger partial charge in [0.2, 0.25) is 0 Å². The highest BCUT2D eigenvalue weighted by Gasteiger charge is 2.37. The fraction of sp³-hybridized carbons (Fsp3) is 0.130. The van der Waals surface area contributed by atoms with Gasteiger partial charge < -0.3 is 5.32 Å². The third-order valence-electron chi connectivity index (χ3n) is 4.91. The molecule has 2 heterocycles. The van der Waals surface area contributed by atoms with Gasteiger partial charge in [-0.3, -0.25) is 14.4 Å². The van der Waals surface area contributed by atoms with Crippen LogP contribution >= 0.6 is 0 Å². The Bertz CT molecular complexity index is 1180. The number of rotatable bonds is 3. The molecule has 0 aliphatic carbocycles. The standard InChI is InChI=1S/C23H19N3O3/c1-13-4-5-15(3)19(10-13)26-22(28)17-7-6-16(12-18(17)23(26)29)21(27)25-20-11-14(2)8-9-24-20/h4-12H,1-3H3,(H,24,25,27). The zero-order chi connectivity index (χ0) is 20.7. The topological polar surface area (TPSA) is 79.4 Å². The van der Waals surface area contributed by atoms with Crippen LogP contribution in [0.4, 0.5) is 11.5 Å². The van der Waals surface area contributed by atoms with Crippen molar-refractivity contribution in [3.8, 4) is 0 Å². The fourth-order valence-corrected chi connectivity index (χ4v) is 3.35. The summed E-state index contributed by atoms with van der Waals surface area (Å²) in [6, 6.07) is 13.7. The Kier molecular flexibility index (Phi) is 4.47. The average Bonchev–Trinajstić information content (AvgIpc) is 2.94. The van der Waals surface area contributed by atoms with Crippen molar-refractivity contribution < 1.29 is 14.4 Å². The van der Waals surface area contributed by atoms with Crippen LogP contribution in [0.3, 0.4) is 0 Å². The molecule has 0 spiro atoms. The van der Waals surface area contributed by atoms with Crippen LogP contribution in [-0.2, 0) is 0 Å². The normalized spacial score (nSPS) is 12.9. The molecule has 1 aromatic heterocycles. The molecule has 0 unspecified atom stereocenters. The molecule has 1 N–H and O–H groups in total. The molecule has 4 rings (SSSR count). The summed E-state index contributed by atoms with van der Waals surface area (Å²) in [4.78, 5) is 43.8. The summed E-state index contributed by atoms with van der Waals surface area (Å²) < 4.78 is 0. The third kappa shape index (κ3) is 3.29. The van der Waals surface area contributed by atoms with E-state index in [1.54, 1.807) is 18.3 Å². The minimum Gasteiger partial charge on any atom is -0.307 e. The number of benzene rings is 2. The number of imide groups is 1. The Hall–Kier alpha value is -3.80. The van der Waals surface area contributed by atoms with Gasteiger partial charge in [0.05, 0.1) is 16.8 Å². The summed E-state index contributed by atoms with van der Waals surface area (Å²) in [5, 5.41) is 2.72. The third-order valence-corrected chi connectivity index (χ3v) is 4.91. The first kappa shape index (κ1) is 18.6. The second-order valence-electron chi connectivity index (χ2n) is 7.17. The number of anilines is 2. The number of aryl methyl sites for hydroxylation is 3. The lowest BCUT2D eigenvalue weighted by molar-refractivity contribution is 0.0925. The maximum atomic E-state index is 13.0. The molecular weight excluding hydrogens is 366 g/mol. The van der Waals surface area contributed by atoms with Gasteiger partial charge in [-0.2, -0.15) is 0 Å². The summed E-state index contributed by atoms with van der Waals surface area (Å²) in [5.41, 5.74) is 4.11. The van der Waals surface area contributed by atoms with Crippen LogP contribution < -0.4 is 10.2 Å². The molecule has 29 heavy (non-hydrogen) atoms. The number of hydrogen-bond acceptors (Lipinski definition) is 4. The molecule has 6 nitrogen and oxygen atoms in total. The predicted octanol–water partition coefficient (Wildman–Crippen LogP) is 4.06. The number of hydrogen-bond donors (Lipinski definition) is 1. The molecule has 0 saturated heterocycles. The van der Waals surface area contributed by atoms with Crippen molar-refractivity contribution in [2.45, 2.75) is 20.8 Å². The Morgan fingerprint density at radius 2 is 1.59 bits per heavy atom. The van der Waals surface area contributed by atoms with Crippen molar-refractivity contribution in [2.24, 2.45) is 0 Å². The van der Waals surface area contributed by atoms with Gasteiger partial charge in [0.1, 0.15) is 5.82 Å². The second kappa shape index (κ2) is 6.98. The second-order valence-corrected chi connectivity index (χ2v) is 7.17. The minimum absolute atomic E-state index is 0.223. The van der Waals surface area contributed by atoms with E-state index in [4.69, 9.17) is 0 Å². The monoisotopic (exact) mass is 385 g/mol. The van der Waals surface area contributed by atoms with Crippen molar-refractivity contribution >= 4 is 29.2 Å². The van der Waals surface area contributed by atoms with E-state index >= 15 is 0 Å². The molecule has 0 radical (unpaired) electrons. The molecule has 0 atom stereocenters. The van der Waals surface area contributed by atoms with Crippen molar-refractivity contribution in [1.82, 2.24) is 4.98 Å². The highest BCUT2D eigenvalue weighted by Crippen LogP contribution is 2.31. The quantitative estimate of drug-likeness (QED) is 0.690. The van der Waals surface area contributed by atoms with Gasteiger partial charge in [0, 0.05) is 11.8 Å². The van der Waals surface area contributed by atoms with E-state index < -0.39 is 11.8 Å². The first-order valence-corrected chi connectivity index (χ1v) is 9.19. The minimum atomic E-state index is -0.429. The Morgan fingerprint density at radius 1 is 0.862 bits per heavy atom. The molecule has 0 saturated carbocycles. The van der Waals surface area contributed by atoms with Crippen LogP contribution in [0.2, 0.25) is 0 Å². The van der Waals surface area contributed by atoms with Crippen molar-refractivity contribution in [3.63, 3.8) is 0 Å². The molecule has 144 valence electrons. The Balaban J connectivity index is 1.66. The van der Waals surface area contributed by atoms with E-state index in [1.165, 1.54) is 17.0 Å². The zero-order valence-electron chi connectivity index (χ0n) is 16.3. The van der Waals surface area contributed by atoms with Gasteiger partial charge in [0.15, 0.2) is 0 Å². The summed E-state index contributed by atoms with van der Waals surface area (Å²) in [6.07, 6.45) is 1.61. The molecule has 0 fully saturated rings.